The number of hydrogen-bond donors (Lipinski definition) is 1. The summed E-state index contributed by atoms with van der Waals surface area (Å²) < 4.78 is 0. The van der Waals surface area contributed by atoms with Crippen molar-refractivity contribution in [3.8, 4) is 6.07 Å². The third kappa shape index (κ3) is 1.55. The largest absolute Gasteiger partial charge is 0.398 e. The fourth-order valence-corrected chi connectivity index (χ4v) is 0.893. The summed E-state index contributed by atoms with van der Waals surface area (Å²) in [5, 5.41) is 7.95. The lowest BCUT2D eigenvalue weighted by atomic mass is 10.1. The van der Waals surface area contributed by atoms with Gasteiger partial charge in [-0.1, -0.05) is 0 Å². The average molecular weight is 181 g/mol. The van der Waals surface area contributed by atoms with Crippen LogP contribution < -0.4 is 5.73 Å². The van der Waals surface area contributed by atoms with Gasteiger partial charge in [-0.2, -0.15) is 5.26 Å². The van der Waals surface area contributed by atoms with E-state index in [4.69, 9.17) is 22.6 Å². The van der Waals surface area contributed by atoms with Gasteiger partial charge in [0.1, 0.15) is 6.07 Å². The van der Waals surface area contributed by atoms with Gasteiger partial charge in [0.2, 0.25) is 0 Å². The minimum absolute atomic E-state index is 0.265. The lowest BCUT2D eigenvalue weighted by Crippen LogP contribution is -1.94. The second-order valence-corrected chi connectivity index (χ2v) is 2.53. The molecule has 0 aromatic heterocycles. The normalized spacial score (nSPS) is 9.00. The number of hydrogen-bond acceptors (Lipinski definition) is 3. The van der Waals surface area contributed by atoms with E-state index in [1.54, 1.807) is 0 Å². The molecular formula is C8H5ClN2O. The van der Waals surface area contributed by atoms with Gasteiger partial charge >= 0.3 is 0 Å². The summed E-state index contributed by atoms with van der Waals surface area (Å²) in [7, 11) is 0. The molecule has 0 amide bonds. The first-order valence-corrected chi connectivity index (χ1v) is 3.52. The second-order valence-electron chi connectivity index (χ2n) is 2.19. The van der Waals surface area contributed by atoms with Gasteiger partial charge in [-0.25, -0.2) is 0 Å². The van der Waals surface area contributed by atoms with Crippen molar-refractivity contribution < 1.29 is 4.79 Å². The van der Waals surface area contributed by atoms with Crippen LogP contribution >= 0.6 is 11.6 Å². The number of carbonyl (C=O) groups excluding carboxylic acids is 1. The van der Waals surface area contributed by atoms with Crippen molar-refractivity contribution in [1.29, 1.82) is 5.26 Å². The highest BCUT2D eigenvalue weighted by Crippen LogP contribution is 2.14. The quantitative estimate of drug-likeness (QED) is 0.526. The molecule has 0 fully saturated rings. The number of nitriles is 1. The number of nitrogen functional groups attached to an aromatic ring is 1. The number of nitrogens with zero attached hydrogens (tertiary/aromatic N) is 1. The number of halogens is 1. The van der Waals surface area contributed by atoms with Gasteiger partial charge in [-0.15, -0.1) is 0 Å². The third-order valence-electron chi connectivity index (χ3n) is 1.40. The summed E-state index contributed by atoms with van der Waals surface area (Å²) in [6.07, 6.45) is 0. The number of benzene rings is 1. The Bertz CT molecular complexity index is 368. The van der Waals surface area contributed by atoms with Crippen LogP contribution in [-0.2, 0) is 0 Å². The minimum atomic E-state index is -0.591. The number of carbonyl (C=O) groups is 1. The smallest absolute Gasteiger partial charge is 0.252 e. The molecule has 3 nitrogen and oxygen atoms in total. The zero-order valence-corrected chi connectivity index (χ0v) is 6.80. The van der Waals surface area contributed by atoms with Crippen LogP contribution in [-0.4, -0.2) is 5.24 Å². The van der Waals surface area contributed by atoms with Gasteiger partial charge in [0.25, 0.3) is 5.24 Å². The van der Waals surface area contributed by atoms with Crippen LogP contribution in [0.1, 0.15) is 15.9 Å². The maximum absolute atomic E-state index is 10.6. The van der Waals surface area contributed by atoms with E-state index in [2.05, 4.69) is 0 Å². The fraction of sp³-hybridized carbons (Fsp3) is 0. The number of anilines is 1. The highest BCUT2D eigenvalue weighted by atomic mass is 35.5. The molecule has 0 aliphatic rings. The van der Waals surface area contributed by atoms with Gasteiger partial charge in [0.05, 0.1) is 5.56 Å². The summed E-state index contributed by atoms with van der Waals surface area (Å²) >= 11 is 5.20. The van der Waals surface area contributed by atoms with Crippen LogP contribution in [0, 0.1) is 11.3 Å². The first-order chi connectivity index (χ1) is 5.65. The van der Waals surface area contributed by atoms with Crippen molar-refractivity contribution in [2.75, 3.05) is 5.73 Å². The van der Waals surface area contributed by atoms with Gasteiger partial charge in [0.15, 0.2) is 0 Å². The van der Waals surface area contributed by atoms with E-state index in [1.807, 2.05) is 6.07 Å². The Hall–Kier alpha value is -1.53. The molecule has 0 atom stereocenters. The Labute approximate surface area is 74.4 Å². The predicted molar refractivity (Wildman–Crippen MR) is 45.8 cm³/mol. The van der Waals surface area contributed by atoms with Crippen molar-refractivity contribution in [2.24, 2.45) is 0 Å². The SMILES string of the molecule is N#Cc1cc(C(=O)Cl)ccc1N. The minimum Gasteiger partial charge on any atom is -0.398 e. The van der Waals surface area contributed by atoms with E-state index in [0.717, 1.165) is 0 Å². The third-order valence-corrected chi connectivity index (χ3v) is 1.62. The molecule has 0 aliphatic carbocycles. The molecule has 1 rings (SSSR count). The number of nitrogens with two attached hydrogens (primary N) is 1. The second kappa shape index (κ2) is 3.24. The van der Waals surface area contributed by atoms with Gasteiger partial charge in [-0.05, 0) is 29.8 Å². The van der Waals surface area contributed by atoms with Crippen molar-refractivity contribution in [1.82, 2.24) is 0 Å². The summed E-state index contributed by atoms with van der Waals surface area (Å²) in [6.45, 7) is 0. The molecule has 0 radical (unpaired) electrons. The van der Waals surface area contributed by atoms with Crippen LogP contribution in [0.5, 0.6) is 0 Å². The Morgan fingerprint density at radius 1 is 1.58 bits per heavy atom. The zero-order valence-electron chi connectivity index (χ0n) is 6.04. The summed E-state index contributed by atoms with van der Waals surface area (Å²) in [4.78, 5) is 10.6. The van der Waals surface area contributed by atoms with Crippen molar-refractivity contribution in [3.63, 3.8) is 0 Å². The zero-order chi connectivity index (χ0) is 9.14. The van der Waals surface area contributed by atoms with E-state index in [0.29, 0.717) is 5.69 Å². The van der Waals surface area contributed by atoms with Crippen LogP contribution in [0.2, 0.25) is 0 Å². The lowest BCUT2D eigenvalue weighted by Gasteiger charge is -1.97. The molecule has 0 heterocycles. The van der Waals surface area contributed by atoms with Crippen LogP contribution in [0.3, 0.4) is 0 Å². The molecule has 0 bridgehead atoms. The van der Waals surface area contributed by atoms with Crippen LogP contribution in [0.4, 0.5) is 5.69 Å². The van der Waals surface area contributed by atoms with E-state index >= 15 is 0 Å². The number of rotatable bonds is 1. The molecular weight excluding hydrogens is 176 g/mol. The molecule has 60 valence electrons. The fourth-order valence-electron chi connectivity index (χ4n) is 0.775. The molecule has 1 aromatic rings. The Kier molecular flexibility index (Phi) is 2.32. The molecule has 12 heavy (non-hydrogen) atoms. The molecule has 0 saturated heterocycles. The molecule has 0 aliphatic heterocycles. The van der Waals surface area contributed by atoms with Crippen LogP contribution in [0.15, 0.2) is 18.2 Å². The van der Waals surface area contributed by atoms with E-state index in [-0.39, 0.29) is 11.1 Å². The molecule has 4 heteroatoms. The summed E-state index contributed by atoms with van der Waals surface area (Å²) in [5.74, 6) is 0. The van der Waals surface area contributed by atoms with Gasteiger partial charge in [0, 0.05) is 11.3 Å². The molecule has 0 saturated carbocycles. The standard InChI is InChI=1S/C8H5ClN2O/c9-8(12)5-1-2-7(11)6(3-5)4-10/h1-3H,11H2. The first kappa shape index (κ1) is 8.57. The maximum Gasteiger partial charge on any atom is 0.252 e. The average Bonchev–Trinajstić information content (AvgIpc) is 2.05. The van der Waals surface area contributed by atoms with Crippen molar-refractivity contribution >= 4 is 22.5 Å². The topological polar surface area (TPSA) is 66.9 Å². The monoisotopic (exact) mass is 180 g/mol. The van der Waals surface area contributed by atoms with E-state index in [9.17, 15) is 4.79 Å². The van der Waals surface area contributed by atoms with Crippen LogP contribution in [0.25, 0.3) is 0 Å². The highest BCUT2D eigenvalue weighted by Gasteiger charge is 2.04. The van der Waals surface area contributed by atoms with Gasteiger partial charge < -0.3 is 5.73 Å². The van der Waals surface area contributed by atoms with E-state index in [1.165, 1.54) is 18.2 Å². The molecule has 0 spiro atoms. The predicted octanol–water partition coefficient (Wildman–Crippen LogP) is 1.52. The highest BCUT2D eigenvalue weighted by molar-refractivity contribution is 6.67. The Morgan fingerprint density at radius 2 is 2.25 bits per heavy atom. The van der Waals surface area contributed by atoms with E-state index < -0.39 is 5.24 Å². The Morgan fingerprint density at radius 3 is 2.75 bits per heavy atom. The van der Waals surface area contributed by atoms with Gasteiger partial charge in [-0.3, -0.25) is 4.79 Å². The molecule has 0 unspecified atom stereocenters. The van der Waals surface area contributed by atoms with Crippen molar-refractivity contribution in [2.45, 2.75) is 0 Å². The Balaban J connectivity index is 3.25. The first-order valence-electron chi connectivity index (χ1n) is 3.14. The molecule has 1 aromatic carbocycles. The summed E-state index contributed by atoms with van der Waals surface area (Å²) in [5.41, 5.74) is 6.31. The van der Waals surface area contributed by atoms with Crippen molar-refractivity contribution in [3.05, 3.63) is 29.3 Å². The molecule has 2 N–H and O–H groups in total. The summed E-state index contributed by atoms with van der Waals surface area (Å²) in [6, 6.07) is 6.18. The maximum atomic E-state index is 10.6. The lowest BCUT2D eigenvalue weighted by molar-refractivity contribution is 0.108.